The van der Waals surface area contributed by atoms with Crippen molar-refractivity contribution in [3.8, 4) is 0 Å². The summed E-state index contributed by atoms with van der Waals surface area (Å²) in [5.74, 6) is -0.103. The van der Waals surface area contributed by atoms with Crippen LogP contribution in [-0.2, 0) is 11.3 Å². The molecule has 3 aromatic rings. The van der Waals surface area contributed by atoms with Gasteiger partial charge < -0.3 is 9.88 Å². The lowest BCUT2D eigenvalue weighted by Gasteiger charge is -2.08. The normalized spacial score (nSPS) is 10.7. The summed E-state index contributed by atoms with van der Waals surface area (Å²) in [5.41, 5.74) is 2.32. The minimum atomic E-state index is -0.110. The zero-order valence-corrected chi connectivity index (χ0v) is 14.1. The summed E-state index contributed by atoms with van der Waals surface area (Å²) in [5, 5.41) is 3.92. The van der Waals surface area contributed by atoms with Crippen molar-refractivity contribution in [2.45, 2.75) is 13.5 Å². The Hall–Kier alpha value is -2.40. The summed E-state index contributed by atoms with van der Waals surface area (Å²) in [4.78, 5) is 23.4. The maximum absolute atomic E-state index is 12.2. The van der Waals surface area contributed by atoms with E-state index in [1.54, 1.807) is 24.3 Å². The number of nitrogens with one attached hydrogen (secondary N) is 1. The molecule has 0 aliphatic rings. The average molecular weight is 371 g/mol. The third-order valence-corrected chi connectivity index (χ3v) is 4.12. The van der Waals surface area contributed by atoms with Crippen LogP contribution in [0.15, 0.2) is 59.2 Å². The number of benzene rings is 2. The largest absolute Gasteiger partial charge is 0.338 e. The van der Waals surface area contributed by atoms with E-state index < -0.39 is 0 Å². The van der Waals surface area contributed by atoms with Crippen LogP contribution in [-0.4, -0.2) is 16.3 Å². The number of ketones is 1. The molecule has 2 aromatic carbocycles. The zero-order chi connectivity index (χ0) is 16.4. The highest BCUT2D eigenvalue weighted by Gasteiger charge is 2.07. The van der Waals surface area contributed by atoms with Gasteiger partial charge in [0.15, 0.2) is 5.78 Å². The molecule has 1 amide bonds. The van der Waals surface area contributed by atoms with Gasteiger partial charge in [-0.1, -0.05) is 15.9 Å². The van der Waals surface area contributed by atoms with Crippen LogP contribution in [0.5, 0.6) is 0 Å². The lowest BCUT2D eigenvalue weighted by molar-refractivity contribution is -0.116. The van der Waals surface area contributed by atoms with Crippen molar-refractivity contribution in [2.75, 3.05) is 5.32 Å². The van der Waals surface area contributed by atoms with Gasteiger partial charge in [0, 0.05) is 32.8 Å². The Bertz CT molecular complexity index is 882. The minimum absolute atomic E-state index is 0.00727. The van der Waals surface area contributed by atoms with Crippen molar-refractivity contribution in [3.05, 3.63) is 64.8 Å². The average Bonchev–Trinajstić information content (AvgIpc) is 2.89. The molecule has 0 spiro atoms. The van der Waals surface area contributed by atoms with Crippen molar-refractivity contribution < 1.29 is 9.59 Å². The second-order valence-electron chi connectivity index (χ2n) is 5.33. The number of Topliss-reactive ketones (excluding diaryl/α,β-unsaturated/α-hetero) is 1. The first-order valence-corrected chi connectivity index (χ1v) is 7.97. The fourth-order valence-corrected chi connectivity index (χ4v) is 2.83. The van der Waals surface area contributed by atoms with Gasteiger partial charge in [0.1, 0.15) is 6.54 Å². The molecule has 0 saturated heterocycles. The first-order chi connectivity index (χ1) is 11.0. The lowest BCUT2D eigenvalue weighted by Crippen LogP contribution is -2.18. The topological polar surface area (TPSA) is 51.1 Å². The Morgan fingerprint density at radius 3 is 2.52 bits per heavy atom. The van der Waals surface area contributed by atoms with Gasteiger partial charge >= 0.3 is 0 Å². The molecule has 0 bridgehead atoms. The molecule has 1 aromatic heterocycles. The number of carbonyl (C=O) groups is 2. The fourth-order valence-electron chi connectivity index (χ4n) is 2.45. The molecule has 0 fully saturated rings. The van der Waals surface area contributed by atoms with Crippen molar-refractivity contribution in [2.24, 2.45) is 0 Å². The van der Waals surface area contributed by atoms with Crippen molar-refractivity contribution in [3.63, 3.8) is 0 Å². The maximum Gasteiger partial charge on any atom is 0.244 e. The van der Waals surface area contributed by atoms with Gasteiger partial charge in [0.25, 0.3) is 0 Å². The number of aromatic nitrogens is 1. The van der Waals surface area contributed by atoms with Crippen molar-refractivity contribution in [1.82, 2.24) is 4.57 Å². The van der Waals surface area contributed by atoms with Gasteiger partial charge in [-0.05, 0) is 55.5 Å². The Balaban J connectivity index is 1.72. The predicted molar refractivity (Wildman–Crippen MR) is 94.7 cm³/mol. The third kappa shape index (κ3) is 3.51. The van der Waals surface area contributed by atoms with E-state index >= 15 is 0 Å². The standard InChI is InChI=1S/C18H15BrN2O2/c1-12(22)13-2-5-16(6-3-13)20-18(23)11-21-9-8-14-10-15(19)4-7-17(14)21/h2-10H,11H2,1H3,(H,20,23). The Morgan fingerprint density at radius 1 is 1.09 bits per heavy atom. The van der Waals surface area contributed by atoms with Gasteiger partial charge in [0.2, 0.25) is 5.91 Å². The third-order valence-electron chi connectivity index (χ3n) is 3.62. The number of carbonyl (C=O) groups excluding carboxylic acids is 2. The summed E-state index contributed by atoms with van der Waals surface area (Å²) in [6.07, 6.45) is 1.90. The van der Waals surface area contributed by atoms with Crippen LogP contribution in [0.25, 0.3) is 10.9 Å². The SMILES string of the molecule is CC(=O)c1ccc(NC(=O)Cn2ccc3cc(Br)ccc32)cc1. The highest BCUT2D eigenvalue weighted by Crippen LogP contribution is 2.21. The zero-order valence-electron chi connectivity index (χ0n) is 12.5. The van der Waals surface area contributed by atoms with Crippen LogP contribution in [0.4, 0.5) is 5.69 Å². The first kappa shape index (κ1) is 15.5. The number of hydrogen-bond acceptors (Lipinski definition) is 2. The second kappa shape index (κ2) is 6.38. The molecule has 1 N–H and O–H groups in total. The van der Waals surface area contributed by atoms with E-state index in [0.29, 0.717) is 11.3 Å². The summed E-state index contributed by atoms with van der Waals surface area (Å²) in [7, 11) is 0. The Morgan fingerprint density at radius 2 is 1.83 bits per heavy atom. The molecule has 0 unspecified atom stereocenters. The number of amides is 1. The molecule has 1 heterocycles. The molecule has 0 radical (unpaired) electrons. The number of nitrogens with zero attached hydrogens (tertiary/aromatic N) is 1. The highest BCUT2D eigenvalue weighted by molar-refractivity contribution is 9.10. The van der Waals surface area contributed by atoms with Gasteiger partial charge in [-0.2, -0.15) is 0 Å². The van der Waals surface area contributed by atoms with Gasteiger partial charge in [-0.15, -0.1) is 0 Å². The van der Waals surface area contributed by atoms with E-state index in [1.165, 1.54) is 6.92 Å². The number of fused-ring (bicyclic) bond motifs is 1. The first-order valence-electron chi connectivity index (χ1n) is 7.18. The molecule has 23 heavy (non-hydrogen) atoms. The summed E-state index contributed by atoms with van der Waals surface area (Å²) in [6, 6.07) is 14.8. The number of hydrogen-bond donors (Lipinski definition) is 1. The predicted octanol–water partition coefficient (Wildman–Crippen LogP) is 4.25. The van der Waals surface area contributed by atoms with E-state index in [1.807, 2.05) is 35.0 Å². The molecule has 0 saturated carbocycles. The smallest absolute Gasteiger partial charge is 0.244 e. The molecule has 3 rings (SSSR count). The van der Waals surface area contributed by atoms with Gasteiger partial charge in [-0.3, -0.25) is 9.59 Å². The molecular formula is C18H15BrN2O2. The van der Waals surface area contributed by atoms with Crippen molar-refractivity contribution >= 4 is 44.2 Å². The van der Waals surface area contributed by atoms with Crippen LogP contribution < -0.4 is 5.32 Å². The fraction of sp³-hybridized carbons (Fsp3) is 0.111. The quantitative estimate of drug-likeness (QED) is 0.698. The second-order valence-corrected chi connectivity index (χ2v) is 6.24. The summed E-state index contributed by atoms with van der Waals surface area (Å²) < 4.78 is 2.92. The monoisotopic (exact) mass is 370 g/mol. The van der Waals surface area contributed by atoms with Gasteiger partial charge in [-0.25, -0.2) is 0 Å². The molecule has 4 nitrogen and oxygen atoms in total. The van der Waals surface area contributed by atoms with Crippen LogP contribution in [0.2, 0.25) is 0 Å². The number of rotatable bonds is 4. The van der Waals surface area contributed by atoms with E-state index in [9.17, 15) is 9.59 Å². The van der Waals surface area contributed by atoms with Crippen molar-refractivity contribution in [1.29, 1.82) is 0 Å². The Labute approximate surface area is 142 Å². The van der Waals surface area contributed by atoms with E-state index in [0.717, 1.165) is 15.4 Å². The molecular weight excluding hydrogens is 356 g/mol. The molecule has 0 aliphatic carbocycles. The summed E-state index contributed by atoms with van der Waals surface area (Å²) in [6.45, 7) is 1.75. The minimum Gasteiger partial charge on any atom is -0.338 e. The summed E-state index contributed by atoms with van der Waals surface area (Å²) >= 11 is 3.44. The van der Waals surface area contributed by atoms with E-state index in [2.05, 4.69) is 21.2 Å². The molecule has 116 valence electrons. The van der Waals surface area contributed by atoms with E-state index in [-0.39, 0.29) is 18.2 Å². The van der Waals surface area contributed by atoms with E-state index in [4.69, 9.17) is 0 Å². The molecule has 0 atom stereocenters. The lowest BCUT2D eigenvalue weighted by atomic mass is 10.1. The van der Waals surface area contributed by atoms with Crippen LogP contribution in [0.3, 0.4) is 0 Å². The van der Waals surface area contributed by atoms with Crippen LogP contribution in [0.1, 0.15) is 17.3 Å². The molecule has 0 aliphatic heterocycles. The number of halogens is 1. The van der Waals surface area contributed by atoms with Gasteiger partial charge in [0.05, 0.1) is 0 Å². The molecule has 5 heteroatoms. The highest BCUT2D eigenvalue weighted by atomic mass is 79.9. The Kier molecular flexibility index (Phi) is 4.30. The van der Waals surface area contributed by atoms with Crippen LogP contribution >= 0.6 is 15.9 Å². The van der Waals surface area contributed by atoms with Crippen LogP contribution in [0, 0.1) is 0 Å². The number of anilines is 1. The maximum atomic E-state index is 12.2.